The SMILES string of the molecule is Cn1cccc1C(=O)N1CCC2(CC1)CC(NC(=O)c1ccc(O)cc1)C2. The lowest BCUT2D eigenvalue weighted by molar-refractivity contribution is 0.00831. The zero-order chi connectivity index (χ0) is 19.0. The van der Waals surface area contributed by atoms with E-state index in [-0.39, 0.29) is 29.0 Å². The van der Waals surface area contributed by atoms with Gasteiger partial charge in [0.15, 0.2) is 0 Å². The van der Waals surface area contributed by atoms with Crippen LogP contribution in [0.2, 0.25) is 0 Å². The summed E-state index contributed by atoms with van der Waals surface area (Å²) in [6, 6.07) is 10.3. The first-order valence-corrected chi connectivity index (χ1v) is 9.46. The Morgan fingerprint density at radius 2 is 1.78 bits per heavy atom. The topological polar surface area (TPSA) is 74.6 Å². The molecular formula is C21H25N3O3. The highest BCUT2D eigenvalue weighted by molar-refractivity contribution is 5.94. The number of likely N-dealkylation sites (tertiary alicyclic amines) is 1. The van der Waals surface area contributed by atoms with E-state index in [0.717, 1.165) is 44.5 Å². The Balaban J connectivity index is 1.27. The van der Waals surface area contributed by atoms with Crippen LogP contribution < -0.4 is 5.32 Å². The number of carbonyl (C=O) groups is 2. The minimum atomic E-state index is -0.0915. The number of nitrogens with one attached hydrogen (secondary N) is 1. The maximum Gasteiger partial charge on any atom is 0.270 e. The summed E-state index contributed by atoms with van der Waals surface area (Å²) < 4.78 is 1.87. The monoisotopic (exact) mass is 367 g/mol. The number of rotatable bonds is 3. The molecule has 2 aliphatic rings. The first-order chi connectivity index (χ1) is 13.0. The third-order valence-corrected chi connectivity index (χ3v) is 6.10. The van der Waals surface area contributed by atoms with Gasteiger partial charge in [0, 0.05) is 37.9 Å². The highest BCUT2D eigenvalue weighted by Crippen LogP contribution is 2.49. The number of amides is 2. The van der Waals surface area contributed by atoms with Gasteiger partial charge in [0.25, 0.3) is 11.8 Å². The molecule has 142 valence electrons. The molecule has 1 saturated carbocycles. The van der Waals surface area contributed by atoms with E-state index in [9.17, 15) is 14.7 Å². The number of benzene rings is 1. The van der Waals surface area contributed by atoms with Crippen molar-refractivity contribution < 1.29 is 14.7 Å². The number of phenols is 1. The minimum Gasteiger partial charge on any atom is -0.508 e. The fraction of sp³-hybridized carbons (Fsp3) is 0.429. The van der Waals surface area contributed by atoms with Gasteiger partial charge in [-0.3, -0.25) is 9.59 Å². The molecule has 2 aromatic rings. The number of nitrogens with zero attached hydrogens (tertiary/aromatic N) is 2. The van der Waals surface area contributed by atoms with Crippen LogP contribution in [0.1, 0.15) is 46.5 Å². The van der Waals surface area contributed by atoms with Gasteiger partial charge < -0.3 is 19.9 Å². The number of hydrogen-bond acceptors (Lipinski definition) is 3. The van der Waals surface area contributed by atoms with Gasteiger partial charge in [-0.05, 0) is 67.5 Å². The molecule has 1 aromatic heterocycles. The van der Waals surface area contributed by atoms with Crippen molar-refractivity contribution >= 4 is 11.8 Å². The largest absolute Gasteiger partial charge is 0.508 e. The summed E-state index contributed by atoms with van der Waals surface area (Å²) in [5, 5.41) is 12.4. The number of aromatic nitrogens is 1. The molecule has 2 fully saturated rings. The Bertz CT molecular complexity index is 840. The molecule has 2 N–H and O–H groups in total. The average molecular weight is 367 g/mol. The molecule has 4 rings (SSSR count). The molecule has 2 heterocycles. The Morgan fingerprint density at radius 1 is 1.11 bits per heavy atom. The molecule has 0 unspecified atom stereocenters. The van der Waals surface area contributed by atoms with Crippen LogP contribution in [0.5, 0.6) is 5.75 Å². The first-order valence-electron chi connectivity index (χ1n) is 9.46. The van der Waals surface area contributed by atoms with Crippen LogP contribution >= 0.6 is 0 Å². The molecule has 1 spiro atoms. The van der Waals surface area contributed by atoms with Gasteiger partial charge in [-0.2, -0.15) is 0 Å². The second kappa shape index (κ2) is 6.76. The van der Waals surface area contributed by atoms with Gasteiger partial charge in [0.05, 0.1) is 0 Å². The van der Waals surface area contributed by atoms with Crippen molar-refractivity contribution in [1.29, 1.82) is 0 Å². The van der Waals surface area contributed by atoms with Crippen molar-refractivity contribution in [2.75, 3.05) is 13.1 Å². The molecule has 1 aromatic carbocycles. The third-order valence-electron chi connectivity index (χ3n) is 6.10. The van der Waals surface area contributed by atoms with Gasteiger partial charge in [-0.1, -0.05) is 0 Å². The molecule has 1 aliphatic carbocycles. The maximum atomic E-state index is 12.6. The van der Waals surface area contributed by atoms with Crippen LogP contribution in [-0.4, -0.2) is 45.5 Å². The van der Waals surface area contributed by atoms with Crippen LogP contribution in [0, 0.1) is 5.41 Å². The molecular weight excluding hydrogens is 342 g/mol. The van der Waals surface area contributed by atoms with Crippen LogP contribution in [0.25, 0.3) is 0 Å². The van der Waals surface area contributed by atoms with Crippen LogP contribution in [0.15, 0.2) is 42.6 Å². The van der Waals surface area contributed by atoms with Crippen molar-refractivity contribution in [1.82, 2.24) is 14.8 Å². The second-order valence-corrected chi connectivity index (χ2v) is 7.92. The number of piperidine rings is 1. The average Bonchev–Trinajstić information content (AvgIpc) is 3.07. The van der Waals surface area contributed by atoms with Crippen LogP contribution in [0.3, 0.4) is 0 Å². The zero-order valence-corrected chi connectivity index (χ0v) is 15.5. The summed E-state index contributed by atoms with van der Waals surface area (Å²) in [5.41, 5.74) is 1.56. The Morgan fingerprint density at radius 3 is 2.37 bits per heavy atom. The van der Waals surface area contributed by atoms with E-state index in [2.05, 4.69) is 5.32 Å². The van der Waals surface area contributed by atoms with Gasteiger partial charge >= 0.3 is 0 Å². The van der Waals surface area contributed by atoms with Crippen LogP contribution in [0.4, 0.5) is 0 Å². The zero-order valence-electron chi connectivity index (χ0n) is 15.5. The molecule has 6 heteroatoms. The molecule has 0 atom stereocenters. The van der Waals surface area contributed by atoms with Crippen molar-refractivity contribution in [2.45, 2.75) is 31.7 Å². The van der Waals surface area contributed by atoms with Gasteiger partial charge in [0.2, 0.25) is 0 Å². The predicted molar refractivity (Wildman–Crippen MR) is 102 cm³/mol. The number of aromatic hydroxyl groups is 1. The van der Waals surface area contributed by atoms with E-state index >= 15 is 0 Å². The molecule has 27 heavy (non-hydrogen) atoms. The summed E-state index contributed by atoms with van der Waals surface area (Å²) in [4.78, 5) is 26.9. The third kappa shape index (κ3) is 3.44. The Labute approximate surface area is 158 Å². The fourth-order valence-electron chi connectivity index (χ4n) is 4.41. The van der Waals surface area contributed by atoms with E-state index in [1.165, 1.54) is 12.1 Å². The lowest BCUT2D eigenvalue weighted by Crippen LogP contribution is -2.55. The standard InChI is InChI=1S/C21H25N3O3/c1-23-10-2-3-18(23)20(27)24-11-8-21(9-12-24)13-16(14-21)22-19(26)15-4-6-17(25)7-5-15/h2-7,10,16,25H,8-9,11-14H2,1H3,(H,22,26). The second-order valence-electron chi connectivity index (χ2n) is 7.92. The molecule has 2 amide bonds. The van der Waals surface area contributed by atoms with Crippen LogP contribution in [-0.2, 0) is 7.05 Å². The van der Waals surface area contributed by atoms with Gasteiger partial charge in [-0.15, -0.1) is 0 Å². The molecule has 1 saturated heterocycles. The summed E-state index contributed by atoms with van der Waals surface area (Å²) in [6.07, 6.45) is 5.83. The number of carbonyl (C=O) groups excluding carboxylic acids is 2. The smallest absolute Gasteiger partial charge is 0.270 e. The van der Waals surface area contributed by atoms with Gasteiger partial charge in [0.1, 0.15) is 11.4 Å². The number of phenolic OH excluding ortho intramolecular Hbond substituents is 1. The molecule has 6 nitrogen and oxygen atoms in total. The van der Waals surface area contributed by atoms with Crippen molar-refractivity contribution in [2.24, 2.45) is 12.5 Å². The summed E-state index contributed by atoms with van der Waals surface area (Å²) in [7, 11) is 1.89. The lowest BCUT2D eigenvalue weighted by Gasteiger charge is -2.52. The normalized spacial score (nSPS) is 18.9. The van der Waals surface area contributed by atoms with E-state index < -0.39 is 0 Å². The molecule has 0 radical (unpaired) electrons. The van der Waals surface area contributed by atoms with Crippen molar-refractivity contribution in [3.8, 4) is 5.75 Å². The first kappa shape index (κ1) is 17.6. The van der Waals surface area contributed by atoms with Crippen molar-refractivity contribution in [3.63, 3.8) is 0 Å². The molecule has 0 bridgehead atoms. The van der Waals surface area contributed by atoms with Crippen molar-refractivity contribution in [3.05, 3.63) is 53.9 Å². The number of aryl methyl sites for hydroxylation is 1. The highest BCUT2D eigenvalue weighted by Gasteiger charge is 2.46. The van der Waals surface area contributed by atoms with Gasteiger partial charge in [-0.25, -0.2) is 0 Å². The summed E-state index contributed by atoms with van der Waals surface area (Å²) >= 11 is 0. The fourth-order valence-corrected chi connectivity index (χ4v) is 4.41. The highest BCUT2D eigenvalue weighted by atomic mass is 16.3. The Hall–Kier alpha value is -2.76. The van der Waals surface area contributed by atoms with E-state index in [1.54, 1.807) is 12.1 Å². The van der Waals surface area contributed by atoms with E-state index in [4.69, 9.17) is 0 Å². The van der Waals surface area contributed by atoms with E-state index in [0.29, 0.717) is 5.56 Å². The quantitative estimate of drug-likeness (QED) is 0.875. The molecule has 1 aliphatic heterocycles. The van der Waals surface area contributed by atoms with E-state index in [1.807, 2.05) is 34.8 Å². The Kier molecular flexibility index (Phi) is 4.42. The summed E-state index contributed by atoms with van der Waals surface area (Å²) in [6.45, 7) is 1.56. The minimum absolute atomic E-state index is 0.0915. The maximum absolute atomic E-state index is 12.6. The lowest BCUT2D eigenvalue weighted by atomic mass is 9.60. The summed E-state index contributed by atoms with van der Waals surface area (Å²) in [5.74, 6) is 0.172. The predicted octanol–water partition coefficient (Wildman–Crippen LogP) is 2.55. The number of hydrogen-bond donors (Lipinski definition) is 2.